The smallest absolute Gasteiger partial charge is 0.255 e. The van der Waals surface area contributed by atoms with E-state index in [4.69, 9.17) is 4.74 Å². The minimum Gasteiger partial charge on any atom is -0.497 e. The van der Waals surface area contributed by atoms with Gasteiger partial charge in [0.1, 0.15) is 5.75 Å². The maximum absolute atomic E-state index is 12.1. The van der Waals surface area contributed by atoms with Crippen LogP contribution in [-0.4, -0.2) is 12.1 Å². The Bertz CT molecular complexity index is 858. The van der Waals surface area contributed by atoms with E-state index in [9.17, 15) is 4.79 Å². The summed E-state index contributed by atoms with van der Waals surface area (Å²) >= 11 is 0. The highest BCUT2D eigenvalue weighted by atomic mass is 16.5. The monoisotopic (exact) mass is 279 g/mol. The molecule has 1 aromatic heterocycles. The quantitative estimate of drug-likeness (QED) is 0.775. The zero-order valence-electron chi connectivity index (χ0n) is 12.4. The van der Waals surface area contributed by atoms with E-state index in [2.05, 4.69) is 31.0 Å². The summed E-state index contributed by atoms with van der Waals surface area (Å²) in [6.07, 6.45) is 1.80. The highest BCUT2D eigenvalue weighted by Crippen LogP contribution is 2.32. The van der Waals surface area contributed by atoms with E-state index in [1.54, 1.807) is 19.4 Å². The van der Waals surface area contributed by atoms with Crippen molar-refractivity contribution < 1.29 is 4.74 Å². The number of rotatable bonds is 2. The molecular formula is C18H17NO2. The standard InChI is InChI=1S/C18H17NO2/c1-11-5-4-6-12(2)17(11)16-10-19-18(20)15-9-13(21-3)7-8-14(15)16/h4-10H,1-3H3,(H,19,20). The lowest BCUT2D eigenvalue weighted by Crippen LogP contribution is -2.06. The zero-order valence-corrected chi connectivity index (χ0v) is 12.4. The van der Waals surface area contributed by atoms with Crippen molar-refractivity contribution in [1.29, 1.82) is 0 Å². The summed E-state index contributed by atoms with van der Waals surface area (Å²) in [5, 5.41) is 1.59. The first-order chi connectivity index (χ1) is 10.1. The largest absolute Gasteiger partial charge is 0.497 e. The number of nitrogens with one attached hydrogen (secondary N) is 1. The predicted molar refractivity (Wildman–Crippen MR) is 86.0 cm³/mol. The molecule has 0 atom stereocenters. The summed E-state index contributed by atoms with van der Waals surface area (Å²) in [6.45, 7) is 4.17. The van der Waals surface area contributed by atoms with Gasteiger partial charge < -0.3 is 9.72 Å². The zero-order chi connectivity index (χ0) is 15.0. The molecule has 106 valence electrons. The Labute approximate surface area is 123 Å². The summed E-state index contributed by atoms with van der Waals surface area (Å²) in [4.78, 5) is 14.9. The number of benzene rings is 2. The van der Waals surface area contributed by atoms with Gasteiger partial charge in [0.25, 0.3) is 5.56 Å². The summed E-state index contributed by atoms with van der Waals surface area (Å²) < 4.78 is 5.22. The van der Waals surface area contributed by atoms with E-state index in [0.29, 0.717) is 11.1 Å². The van der Waals surface area contributed by atoms with Crippen molar-refractivity contribution in [1.82, 2.24) is 4.98 Å². The van der Waals surface area contributed by atoms with Crippen molar-refractivity contribution in [2.24, 2.45) is 0 Å². The maximum Gasteiger partial charge on any atom is 0.255 e. The Balaban J connectivity index is 2.39. The van der Waals surface area contributed by atoms with Gasteiger partial charge in [-0.25, -0.2) is 0 Å². The SMILES string of the molecule is COc1ccc2c(-c3c(C)cccc3C)c[nH]c(=O)c2c1. The van der Waals surface area contributed by atoms with Gasteiger partial charge in [0.05, 0.1) is 12.5 Å². The fourth-order valence-corrected chi connectivity index (χ4v) is 2.81. The number of aromatic nitrogens is 1. The molecular weight excluding hydrogens is 262 g/mol. The number of pyridine rings is 1. The van der Waals surface area contributed by atoms with Crippen molar-refractivity contribution in [3.05, 3.63) is 64.1 Å². The molecule has 0 radical (unpaired) electrons. The van der Waals surface area contributed by atoms with Gasteiger partial charge in [0, 0.05) is 11.8 Å². The lowest BCUT2D eigenvalue weighted by Gasteiger charge is -2.13. The first kappa shape index (κ1) is 13.4. The summed E-state index contributed by atoms with van der Waals surface area (Å²) in [5.41, 5.74) is 4.50. The van der Waals surface area contributed by atoms with Crippen LogP contribution in [0.3, 0.4) is 0 Å². The molecule has 0 saturated carbocycles. The third-order valence-electron chi connectivity index (χ3n) is 3.86. The van der Waals surface area contributed by atoms with E-state index < -0.39 is 0 Å². The van der Waals surface area contributed by atoms with Gasteiger partial charge in [0.15, 0.2) is 0 Å². The number of ether oxygens (including phenoxy) is 1. The van der Waals surface area contributed by atoms with Crippen LogP contribution >= 0.6 is 0 Å². The molecule has 0 bridgehead atoms. The van der Waals surface area contributed by atoms with Gasteiger partial charge in [-0.1, -0.05) is 18.2 Å². The van der Waals surface area contributed by atoms with Crippen molar-refractivity contribution in [2.45, 2.75) is 13.8 Å². The molecule has 3 nitrogen and oxygen atoms in total. The lowest BCUT2D eigenvalue weighted by molar-refractivity contribution is 0.415. The summed E-state index contributed by atoms with van der Waals surface area (Å²) in [7, 11) is 1.60. The Morgan fingerprint density at radius 3 is 2.38 bits per heavy atom. The molecule has 0 spiro atoms. The van der Waals surface area contributed by atoms with E-state index >= 15 is 0 Å². The molecule has 3 rings (SSSR count). The van der Waals surface area contributed by atoms with Gasteiger partial charge in [-0.2, -0.15) is 0 Å². The van der Waals surface area contributed by atoms with Crippen LogP contribution in [0.2, 0.25) is 0 Å². The van der Waals surface area contributed by atoms with Crippen LogP contribution in [0.5, 0.6) is 5.75 Å². The summed E-state index contributed by atoms with van der Waals surface area (Å²) in [5.74, 6) is 0.687. The van der Waals surface area contributed by atoms with E-state index in [0.717, 1.165) is 10.9 Å². The van der Waals surface area contributed by atoms with Gasteiger partial charge >= 0.3 is 0 Å². The molecule has 2 aromatic carbocycles. The number of methoxy groups -OCH3 is 1. The first-order valence-electron chi connectivity index (χ1n) is 6.88. The highest BCUT2D eigenvalue weighted by molar-refractivity contribution is 5.97. The molecule has 1 N–H and O–H groups in total. The van der Waals surface area contributed by atoms with Gasteiger partial charge in [-0.05, 0) is 54.1 Å². The van der Waals surface area contributed by atoms with Crippen LogP contribution in [0.15, 0.2) is 47.4 Å². The molecule has 0 aliphatic heterocycles. The third kappa shape index (κ3) is 2.21. The molecule has 0 saturated heterocycles. The first-order valence-corrected chi connectivity index (χ1v) is 6.88. The number of aryl methyl sites for hydroxylation is 2. The molecule has 1 heterocycles. The molecule has 0 amide bonds. The fourth-order valence-electron chi connectivity index (χ4n) is 2.81. The van der Waals surface area contributed by atoms with Crippen molar-refractivity contribution >= 4 is 10.8 Å². The van der Waals surface area contributed by atoms with Crippen LogP contribution < -0.4 is 10.3 Å². The van der Waals surface area contributed by atoms with Crippen LogP contribution in [0.1, 0.15) is 11.1 Å². The Kier molecular flexibility index (Phi) is 3.26. The fraction of sp³-hybridized carbons (Fsp3) is 0.167. The molecule has 21 heavy (non-hydrogen) atoms. The third-order valence-corrected chi connectivity index (χ3v) is 3.86. The minimum atomic E-state index is -0.0983. The minimum absolute atomic E-state index is 0.0983. The number of aromatic amines is 1. The Morgan fingerprint density at radius 2 is 1.71 bits per heavy atom. The van der Waals surface area contributed by atoms with Crippen molar-refractivity contribution in [2.75, 3.05) is 7.11 Å². The van der Waals surface area contributed by atoms with Gasteiger partial charge in [0.2, 0.25) is 0 Å². The number of H-pyrrole nitrogens is 1. The molecule has 0 fully saturated rings. The average molecular weight is 279 g/mol. The lowest BCUT2D eigenvalue weighted by atomic mass is 9.93. The molecule has 3 aromatic rings. The van der Waals surface area contributed by atoms with Crippen molar-refractivity contribution in [3.63, 3.8) is 0 Å². The molecule has 0 unspecified atom stereocenters. The van der Waals surface area contributed by atoms with Gasteiger partial charge in [-0.3, -0.25) is 4.79 Å². The predicted octanol–water partition coefficient (Wildman–Crippen LogP) is 3.82. The van der Waals surface area contributed by atoms with E-state index in [1.165, 1.54) is 16.7 Å². The van der Waals surface area contributed by atoms with Crippen molar-refractivity contribution in [3.8, 4) is 16.9 Å². The average Bonchev–Trinajstić information content (AvgIpc) is 2.49. The maximum atomic E-state index is 12.1. The topological polar surface area (TPSA) is 42.1 Å². The second kappa shape index (κ2) is 5.09. The van der Waals surface area contributed by atoms with Crippen LogP contribution in [0, 0.1) is 13.8 Å². The van der Waals surface area contributed by atoms with Gasteiger partial charge in [-0.15, -0.1) is 0 Å². The second-order valence-electron chi connectivity index (χ2n) is 5.21. The number of hydrogen-bond acceptors (Lipinski definition) is 2. The highest BCUT2D eigenvalue weighted by Gasteiger charge is 2.11. The Morgan fingerprint density at radius 1 is 1.00 bits per heavy atom. The molecule has 0 aliphatic rings. The Hall–Kier alpha value is -2.55. The van der Waals surface area contributed by atoms with E-state index in [-0.39, 0.29) is 5.56 Å². The number of fused-ring (bicyclic) bond motifs is 1. The van der Waals surface area contributed by atoms with E-state index in [1.807, 2.05) is 18.2 Å². The normalized spacial score (nSPS) is 10.8. The van der Waals surface area contributed by atoms with Crippen LogP contribution in [-0.2, 0) is 0 Å². The second-order valence-corrected chi connectivity index (χ2v) is 5.21. The molecule has 3 heteroatoms. The van der Waals surface area contributed by atoms with Crippen LogP contribution in [0.25, 0.3) is 21.9 Å². The number of hydrogen-bond donors (Lipinski definition) is 1. The van der Waals surface area contributed by atoms with Crippen LogP contribution in [0.4, 0.5) is 0 Å². The molecule has 0 aliphatic carbocycles. The summed E-state index contributed by atoms with van der Waals surface area (Å²) in [6, 6.07) is 11.8.